The maximum atomic E-state index is 12.2. The number of carbonyl (C=O) groups is 1. The Hall–Kier alpha value is -2.63. The molecule has 0 fully saturated rings. The van der Waals surface area contributed by atoms with Gasteiger partial charge in [0.1, 0.15) is 5.52 Å². The van der Waals surface area contributed by atoms with Gasteiger partial charge in [0.15, 0.2) is 11.5 Å². The molecule has 0 aliphatic heterocycles. The topological polar surface area (TPSA) is 73.0 Å². The molecule has 120 valence electrons. The second-order valence-corrected chi connectivity index (χ2v) is 5.74. The van der Waals surface area contributed by atoms with Gasteiger partial charge in [-0.25, -0.2) is 4.98 Å². The zero-order valence-electron chi connectivity index (χ0n) is 13.8. The summed E-state index contributed by atoms with van der Waals surface area (Å²) in [4.78, 5) is 16.4. The van der Waals surface area contributed by atoms with Gasteiger partial charge in [-0.3, -0.25) is 9.48 Å². The highest BCUT2D eigenvalue weighted by atomic mass is 16.3. The Balaban J connectivity index is 1.66. The van der Waals surface area contributed by atoms with Crippen molar-refractivity contribution in [3.05, 3.63) is 41.0 Å². The number of nitrogens with one attached hydrogen (secondary N) is 1. The number of amides is 1. The second kappa shape index (κ2) is 5.87. The van der Waals surface area contributed by atoms with E-state index in [4.69, 9.17) is 4.42 Å². The Bertz CT molecular complexity index is 876. The summed E-state index contributed by atoms with van der Waals surface area (Å²) in [5, 5.41) is 7.29. The maximum Gasteiger partial charge on any atom is 0.224 e. The average molecular weight is 312 g/mol. The van der Waals surface area contributed by atoms with Gasteiger partial charge in [-0.05, 0) is 44.0 Å². The molecule has 6 nitrogen and oxygen atoms in total. The number of nitrogens with zero attached hydrogens (tertiary/aromatic N) is 3. The van der Waals surface area contributed by atoms with Crippen molar-refractivity contribution < 1.29 is 9.21 Å². The van der Waals surface area contributed by atoms with Gasteiger partial charge in [-0.15, -0.1) is 0 Å². The summed E-state index contributed by atoms with van der Waals surface area (Å²) in [7, 11) is 1.92. The van der Waals surface area contributed by atoms with Crippen LogP contribution in [0.3, 0.4) is 0 Å². The minimum atomic E-state index is -0.0211. The lowest BCUT2D eigenvalue weighted by atomic mass is 10.1. The van der Waals surface area contributed by atoms with Crippen LogP contribution in [0.25, 0.3) is 11.1 Å². The summed E-state index contributed by atoms with van der Waals surface area (Å²) in [6.45, 7) is 5.80. The predicted octanol–water partition coefficient (Wildman–Crippen LogP) is 3.06. The molecule has 23 heavy (non-hydrogen) atoms. The molecule has 0 spiro atoms. The van der Waals surface area contributed by atoms with Crippen LogP contribution in [-0.4, -0.2) is 20.7 Å². The number of rotatable bonds is 4. The summed E-state index contributed by atoms with van der Waals surface area (Å²) in [5.41, 5.74) is 5.44. The van der Waals surface area contributed by atoms with E-state index in [0.717, 1.165) is 33.7 Å². The molecule has 2 aromatic heterocycles. The first-order valence-corrected chi connectivity index (χ1v) is 7.60. The van der Waals surface area contributed by atoms with E-state index in [1.807, 2.05) is 43.8 Å². The molecular weight excluding hydrogens is 292 g/mol. The Kier molecular flexibility index (Phi) is 3.90. The number of anilines is 1. The molecule has 3 aromatic rings. The fourth-order valence-electron chi connectivity index (χ4n) is 2.76. The van der Waals surface area contributed by atoms with E-state index in [0.29, 0.717) is 18.7 Å². The molecule has 0 saturated heterocycles. The molecule has 0 saturated carbocycles. The first-order chi connectivity index (χ1) is 10.9. The number of aryl methyl sites for hydroxylation is 3. The maximum absolute atomic E-state index is 12.2. The van der Waals surface area contributed by atoms with Gasteiger partial charge in [-0.1, -0.05) is 0 Å². The van der Waals surface area contributed by atoms with Crippen molar-refractivity contribution in [1.29, 1.82) is 0 Å². The number of aromatic nitrogens is 3. The number of oxazole rings is 1. The van der Waals surface area contributed by atoms with Crippen LogP contribution in [0.2, 0.25) is 0 Å². The molecule has 1 amide bonds. The minimum absolute atomic E-state index is 0.0211. The summed E-state index contributed by atoms with van der Waals surface area (Å²) in [6, 6.07) is 5.47. The fourth-order valence-corrected chi connectivity index (χ4v) is 2.76. The highest BCUT2D eigenvalue weighted by molar-refractivity contribution is 5.92. The third-order valence-electron chi connectivity index (χ3n) is 4.04. The molecule has 2 heterocycles. The van der Waals surface area contributed by atoms with Crippen LogP contribution in [0, 0.1) is 20.8 Å². The smallest absolute Gasteiger partial charge is 0.224 e. The van der Waals surface area contributed by atoms with Crippen LogP contribution in [0.5, 0.6) is 0 Å². The molecule has 0 unspecified atom stereocenters. The van der Waals surface area contributed by atoms with Crippen LogP contribution in [0.4, 0.5) is 5.69 Å². The molecule has 3 rings (SSSR count). The number of hydrogen-bond acceptors (Lipinski definition) is 4. The van der Waals surface area contributed by atoms with E-state index in [9.17, 15) is 4.79 Å². The highest BCUT2D eigenvalue weighted by Gasteiger charge is 2.12. The Morgan fingerprint density at radius 2 is 2.09 bits per heavy atom. The standard InChI is InChI=1S/C17H20N4O2/c1-10-14(11(2)21(4)20-10)6-8-17(22)19-13-5-7-16-15(9-13)18-12(3)23-16/h5,7,9H,6,8H2,1-4H3,(H,19,22). The Labute approximate surface area is 134 Å². The van der Waals surface area contributed by atoms with Crippen LogP contribution < -0.4 is 5.32 Å². The quantitative estimate of drug-likeness (QED) is 0.803. The molecule has 0 bridgehead atoms. The monoisotopic (exact) mass is 312 g/mol. The van der Waals surface area contributed by atoms with Gasteiger partial charge in [0.25, 0.3) is 0 Å². The van der Waals surface area contributed by atoms with Crippen LogP contribution in [0.1, 0.15) is 29.3 Å². The third-order valence-corrected chi connectivity index (χ3v) is 4.04. The Morgan fingerprint density at radius 3 is 2.78 bits per heavy atom. The first-order valence-electron chi connectivity index (χ1n) is 7.60. The van der Waals surface area contributed by atoms with Gasteiger partial charge in [0.2, 0.25) is 5.91 Å². The van der Waals surface area contributed by atoms with Gasteiger partial charge in [0.05, 0.1) is 5.69 Å². The second-order valence-electron chi connectivity index (χ2n) is 5.74. The van der Waals surface area contributed by atoms with Gasteiger partial charge < -0.3 is 9.73 Å². The molecule has 0 radical (unpaired) electrons. The predicted molar refractivity (Wildman–Crippen MR) is 88.4 cm³/mol. The van der Waals surface area contributed by atoms with Crippen LogP contribution in [0.15, 0.2) is 22.6 Å². The Morgan fingerprint density at radius 1 is 1.30 bits per heavy atom. The molecule has 0 aliphatic rings. The van der Waals surface area contributed by atoms with Gasteiger partial charge >= 0.3 is 0 Å². The summed E-state index contributed by atoms with van der Waals surface area (Å²) >= 11 is 0. The molecule has 1 aromatic carbocycles. The van der Waals surface area contributed by atoms with Crippen molar-refractivity contribution in [3.63, 3.8) is 0 Å². The van der Waals surface area contributed by atoms with Gasteiger partial charge in [-0.2, -0.15) is 5.10 Å². The van der Waals surface area contributed by atoms with E-state index >= 15 is 0 Å². The largest absolute Gasteiger partial charge is 0.441 e. The van der Waals surface area contributed by atoms with Crippen LogP contribution >= 0.6 is 0 Å². The van der Waals surface area contributed by atoms with E-state index in [1.165, 1.54) is 0 Å². The third kappa shape index (κ3) is 3.11. The fraction of sp³-hybridized carbons (Fsp3) is 0.353. The van der Waals surface area contributed by atoms with Crippen molar-refractivity contribution in [3.8, 4) is 0 Å². The lowest BCUT2D eigenvalue weighted by Gasteiger charge is -2.05. The van der Waals surface area contributed by atoms with Gasteiger partial charge in [0, 0.05) is 31.8 Å². The number of fused-ring (bicyclic) bond motifs is 1. The summed E-state index contributed by atoms with van der Waals surface area (Å²) in [5.74, 6) is 0.596. The lowest BCUT2D eigenvalue weighted by Crippen LogP contribution is -2.12. The zero-order valence-corrected chi connectivity index (χ0v) is 13.8. The average Bonchev–Trinajstić information content (AvgIpc) is 2.96. The first kappa shape index (κ1) is 15.3. The van der Waals surface area contributed by atoms with E-state index in [-0.39, 0.29) is 5.91 Å². The number of benzene rings is 1. The highest BCUT2D eigenvalue weighted by Crippen LogP contribution is 2.20. The number of hydrogen-bond donors (Lipinski definition) is 1. The van der Waals surface area contributed by atoms with E-state index in [2.05, 4.69) is 15.4 Å². The van der Waals surface area contributed by atoms with Crippen LogP contribution in [-0.2, 0) is 18.3 Å². The minimum Gasteiger partial charge on any atom is -0.441 e. The van der Waals surface area contributed by atoms with Crippen molar-refractivity contribution in [2.45, 2.75) is 33.6 Å². The van der Waals surface area contributed by atoms with Crippen molar-refractivity contribution in [2.75, 3.05) is 5.32 Å². The molecule has 0 aliphatic carbocycles. The number of carbonyl (C=O) groups excluding carboxylic acids is 1. The normalized spacial score (nSPS) is 11.1. The molecule has 1 N–H and O–H groups in total. The van der Waals surface area contributed by atoms with Crippen molar-refractivity contribution in [1.82, 2.24) is 14.8 Å². The van der Waals surface area contributed by atoms with Crippen molar-refractivity contribution in [2.24, 2.45) is 7.05 Å². The van der Waals surface area contributed by atoms with Crippen molar-refractivity contribution >= 4 is 22.7 Å². The molecular formula is C17H20N4O2. The summed E-state index contributed by atoms with van der Waals surface area (Å²) in [6.07, 6.45) is 1.10. The molecule has 6 heteroatoms. The lowest BCUT2D eigenvalue weighted by molar-refractivity contribution is -0.116. The van der Waals surface area contributed by atoms with E-state index < -0.39 is 0 Å². The summed E-state index contributed by atoms with van der Waals surface area (Å²) < 4.78 is 7.28. The zero-order chi connectivity index (χ0) is 16.6. The SMILES string of the molecule is Cc1nc2cc(NC(=O)CCc3c(C)nn(C)c3C)ccc2o1. The van der Waals surface area contributed by atoms with E-state index in [1.54, 1.807) is 6.92 Å². The molecule has 0 atom stereocenters.